The maximum atomic E-state index is 12.2. The molecule has 0 unspecified atom stereocenters. The topological polar surface area (TPSA) is 78.0 Å². The van der Waals surface area contributed by atoms with Gasteiger partial charge in [0.25, 0.3) is 0 Å². The van der Waals surface area contributed by atoms with Gasteiger partial charge in [-0.05, 0) is 13.8 Å². The Morgan fingerprint density at radius 1 is 1.37 bits per heavy atom. The molecule has 1 heterocycles. The second-order valence-corrected chi connectivity index (χ2v) is 4.34. The van der Waals surface area contributed by atoms with Crippen molar-refractivity contribution in [3.8, 4) is 0 Å². The number of aromatic nitrogens is 2. The predicted molar refractivity (Wildman–Crippen MR) is 69.1 cm³/mol. The molecule has 1 aromatic heterocycles. The minimum absolute atomic E-state index is 0.122. The van der Waals surface area contributed by atoms with E-state index in [1.54, 1.807) is 19.1 Å². The van der Waals surface area contributed by atoms with E-state index in [9.17, 15) is 14.9 Å². The second-order valence-electron chi connectivity index (χ2n) is 4.34. The molecule has 19 heavy (non-hydrogen) atoms. The second kappa shape index (κ2) is 5.01. The fourth-order valence-electron chi connectivity index (χ4n) is 1.71. The van der Waals surface area contributed by atoms with Crippen LogP contribution in [0.1, 0.15) is 28.9 Å². The summed E-state index contributed by atoms with van der Waals surface area (Å²) in [5, 5.41) is 14.4. The van der Waals surface area contributed by atoms with Crippen LogP contribution in [0.3, 0.4) is 0 Å². The highest BCUT2D eigenvalue weighted by Crippen LogP contribution is 2.17. The normalized spacial score (nSPS) is 12.1. The first-order valence-corrected chi connectivity index (χ1v) is 5.78. The Hall–Kier alpha value is -2.50. The SMILES string of the molecule is Cc1ccc(C(=O)[C@@H](C)n2cc([N+](=O)[O-])cn2)cc1. The summed E-state index contributed by atoms with van der Waals surface area (Å²) in [5.41, 5.74) is 1.51. The van der Waals surface area contributed by atoms with Crippen molar-refractivity contribution in [2.75, 3.05) is 0 Å². The van der Waals surface area contributed by atoms with Crippen LogP contribution in [0.15, 0.2) is 36.7 Å². The zero-order valence-corrected chi connectivity index (χ0v) is 10.6. The number of aryl methyl sites for hydroxylation is 1. The Morgan fingerprint density at radius 2 is 2.00 bits per heavy atom. The van der Waals surface area contributed by atoms with Gasteiger partial charge in [-0.25, -0.2) is 0 Å². The number of Topliss-reactive ketones (excluding diaryl/α,β-unsaturated/α-hetero) is 1. The third kappa shape index (κ3) is 2.67. The third-order valence-electron chi connectivity index (χ3n) is 2.91. The number of hydrogen-bond donors (Lipinski definition) is 0. The molecule has 2 rings (SSSR count). The molecule has 6 heteroatoms. The van der Waals surface area contributed by atoms with Gasteiger partial charge < -0.3 is 0 Å². The molecule has 0 saturated carbocycles. The Bertz CT molecular complexity index is 616. The van der Waals surface area contributed by atoms with Crippen molar-refractivity contribution in [2.24, 2.45) is 0 Å². The zero-order valence-electron chi connectivity index (χ0n) is 10.6. The lowest BCUT2D eigenvalue weighted by Crippen LogP contribution is -2.17. The maximum Gasteiger partial charge on any atom is 0.307 e. The summed E-state index contributed by atoms with van der Waals surface area (Å²) < 4.78 is 1.31. The minimum atomic E-state index is -0.573. The highest BCUT2D eigenvalue weighted by atomic mass is 16.6. The lowest BCUT2D eigenvalue weighted by Gasteiger charge is -2.10. The first-order valence-electron chi connectivity index (χ1n) is 5.78. The van der Waals surface area contributed by atoms with Gasteiger partial charge in [0.05, 0.1) is 4.92 Å². The summed E-state index contributed by atoms with van der Waals surface area (Å²) in [6, 6.07) is 6.62. The van der Waals surface area contributed by atoms with Gasteiger partial charge in [0.2, 0.25) is 0 Å². The van der Waals surface area contributed by atoms with E-state index in [-0.39, 0.29) is 11.5 Å². The number of ketones is 1. The molecule has 0 aliphatic rings. The van der Waals surface area contributed by atoms with E-state index in [2.05, 4.69) is 5.10 Å². The van der Waals surface area contributed by atoms with Gasteiger partial charge in [-0.2, -0.15) is 5.10 Å². The zero-order chi connectivity index (χ0) is 14.0. The van der Waals surface area contributed by atoms with Crippen molar-refractivity contribution in [1.29, 1.82) is 0 Å². The molecule has 0 aliphatic heterocycles. The number of hydrogen-bond acceptors (Lipinski definition) is 4. The van der Waals surface area contributed by atoms with Gasteiger partial charge >= 0.3 is 5.69 Å². The lowest BCUT2D eigenvalue weighted by molar-refractivity contribution is -0.385. The number of rotatable bonds is 4. The highest BCUT2D eigenvalue weighted by molar-refractivity contribution is 5.98. The molecule has 98 valence electrons. The fraction of sp³-hybridized carbons (Fsp3) is 0.231. The lowest BCUT2D eigenvalue weighted by atomic mass is 10.0. The van der Waals surface area contributed by atoms with E-state index < -0.39 is 11.0 Å². The van der Waals surface area contributed by atoms with E-state index in [0.717, 1.165) is 11.8 Å². The van der Waals surface area contributed by atoms with Crippen LogP contribution >= 0.6 is 0 Å². The van der Waals surface area contributed by atoms with Gasteiger partial charge in [0.15, 0.2) is 5.78 Å². The Kier molecular flexibility index (Phi) is 3.41. The monoisotopic (exact) mass is 259 g/mol. The molecule has 0 fully saturated rings. The average molecular weight is 259 g/mol. The molecule has 0 N–H and O–H groups in total. The van der Waals surface area contributed by atoms with Crippen molar-refractivity contribution in [2.45, 2.75) is 19.9 Å². The quantitative estimate of drug-likeness (QED) is 0.480. The van der Waals surface area contributed by atoms with Gasteiger partial charge in [0.1, 0.15) is 18.4 Å². The van der Waals surface area contributed by atoms with Crippen LogP contribution in [0, 0.1) is 17.0 Å². The molecule has 1 atom stereocenters. The van der Waals surface area contributed by atoms with Crippen LogP contribution in [0.25, 0.3) is 0 Å². The summed E-state index contributed by atoms with van der Waals surface area (Å²) in [4.78, 5) is 22.3. The molecule has 0 spiro atoms. The van der Waals surface area contributed by atoms with E-state index in [1.165, 1.54) is 10.9 Å². The van der Waals surface area contributed by atoms with Crippen LogP contribution in [0.5, 0.6) is 0 Å². The first kappa shape index (κ1) is 12.9. The molecule has 0 aliphatic carbocycles. The molecule has 2 aromatic rings. The largest absolute Gasteiger partial charge is 0.307 e. The molecular formula is C13H13N3O3. The molecule has 1 aromatic carbocycles. The standard InChI is InChI=1S/C13H13N3O3/c1-9-3-5-11(6-4-9)13(17)10(2)15-8-12(7-14-15)16(18)19/h3-8,10H,1-2H3/t10-/m1/s1. The van der Waals surface area contributed by atoms with Crippen molar-refractivity contribution < 1.29 is 9.72 Å². The van der Waals surface area contributed by atoms with E-state index in [0.29, 0.717) is 5.56 Å². The van der Waals surface area contributed by atoms with Gasteiger partial charge in [-0.1, -0.05) is 29.8 Å². The van der Waals surface area contributed by atoms with Gasteiger partial charge in [0, 0.05) is 5.56 Å². The van der Waals surface area contributed by atoms with E-state index in [4.69, 9.17) is 0 Å². The molecule has 0 radical (unpaired) electrons. The molecule has 0 saturated heterocycles. The number of nitro groups is 1. The van der Waals surface area contributed by atoms with E-state index >= 15 is 0 Å². The number of nitrogens with zero attached hydrogens (tertiary/aromatic N) is 3. The molecule has 0 amide bonds. The summed E-state index contributed by atoms with van der Waals surface area (Å²) in [5.74, 6) is -0.127. The highest BCUT2D eigenvalue weighted by Gasteiger charge is 2.20. The van der Waals surface area contributed by atoms with Crippen LogP contribution < -0.4 is 0 Å². The van der Waals surface area contributed by atoms with Crippen LogP contribution in [0.4, 0.5) is 5.69 Å². The summed E-state index contributed by atoms with van der Waals surface area (Å²) in [7, 11) is 0. The van der Waals surface area contributed by atoms with Crippen molar-refractivity contribution >= 4 is 11.5 Å². The van der Waals surface area contributed by atoms with Crippen molar-refractivity contribution in [3.05, 3.63) is 57.9 Å². The Labute approximate surface area is 109 Å². The van der Waals surface area contributed by atoms with Crippen LogP contribution in [0.2, 0.25) is 0 Å². The number of carbonyl (C=O) groups excluding carboxylic acids is 1. The van der Waals surface area contributed by atoms with E-state index in [1.807, 2.05) is 19.1 Å². The molecule has 6 nitrogen and oxygen atoms in total. The third-order valence-corrected chi connectivity index (χ3v) is 2.91. The first-order chi connectivity index (χ1) is 8.99. The van der Waals surface area contributed by atoms with Gasteiger partial charge in [-0.15, -0.1) is 0 Å². The average Bonchev–Trinajstić information content (AvgIpc) is 2.87. The Balaban J connectivity index is 2.22. The van der Waals surface area contributed by atoms with Crippen LogP contribution in [-0.2, 0) is 0 Å². The van der Waals surface area contributed by atoms with Crippen LogP contribution in [-0.4, -0.2) is 20.5 Å². The van der Waals surface area contributed by atoms with Crippen molar-refractivity contribution in [3.63, 3.8) is 0 Å². The summed E-state index contributed by atoms with van der Waals surface area (Å²) in [6.45, 7) is 3.60. The Morgan fingerprint density at radius 3 is 2.53 bits per heavy atom. The smallest absolute Gasteiger partial charge is 0.292 e. The van der Waals surface area contributed by atoms with Crippen molar-refractivity contribution in [1.82, 2.24) is 9.78 Å². The predicted octanol–water partition coefficient (Wildman–Crippen LogP) is 2.54. The minimum Gasteiger partial charge on any atom is -0.292 e. The molecule has 0 bridgehead atoms. The number of carbonyl (C=O) groups is 1. The van der Waals surface area contributed by atoms with Gasteiger partial charge in [-0.3, -0.25) is 19.6 Å². The summed E-state index contributed by atoms with van der Waals surface area (Å²) >= 11 is 0. The number of benzene rings is 1. The molecular weight excluding hydrogens is 246 g/mol. The maximum absolute atomic E-state index is 12.2. The summed E-state index contributed by atoms with van der Waals surface area (Å²) in [6.07, 6.45) is 2.40. The fourth-order valence-corrected chi connectivity index (χ4v) is 1.71.